The van der Waals surface area contributed by atoms with Gasteiger partial charge in [-0.2, -0.15) is 0 Å². The Kier molecular flexibility index (Phi) is 13.3. The van der Waals surface area contributed by atoms with Crippen molar-refractivity contribution in [2.24, 2.45) is 0 Å². The van der Waals surface area contributed by atoms with E-state index in [0.717, 1.165) is 108 Å². The Bertz CT molecular complexity index is 2910. The van der Waals surface area contributed by atoms with E-state index < -0.39 is 0 Å². The Morgan fingerprint density at radius 1 is 0.475 bits per heavy atom. The summed E-state index contributed by atoms with van der Waals surface area (Å²) in [6.07, 6.45) is 8.29. The molecule has 6 nitrogen and oxygen atoms in total. The van der Waals surface area contributed by atoms with E-state index in [1.54, 1.807) is 13.8 Å². The molecule has 0 amide bonds. The first-order valence-corrected chi connectivity index (χ1v) is 23.3. The minimum Gasteiger partial charge on any atom is -0.657 e. The van der Waals surface area contributed by atoms with Gasteiger partial charge in [-0.05, 0) is 149 Å². The van der Waals surface area contributed by atoms with Gasteiger partial charge in [0, 0.05) is 32.5 Å². The summed E-state index contributed by atoms with van der Waals surface area (Å²) in [6, 6.07) is 41.8. The van der Waals surface area contributed by atoms with Gasteiger partial charge >= 0.3 is 17.1 Å². The van der Waals surface area contributed by atoms with Gasteiger partial charge in [0.15, 0.2) is 10.2 Å². The first-order chi connectivity index (χ1) is 29.2. The van der Waals surface area contributed by atoms with Crippen molar-refractivity contribution in [3.8, 4) is 44.5 Å². The Labute approximate surface area is 400 Å². The van der Waals surface area contributed by atoms with Crippen LogP contribution in [-0.4, -0.2) is 20.2 Å². The minimum absolute atomic E-state index is 0. The van der Waals surface area contributed by atoms with Crippen LogP contribution in [-0.2, 0) is 38.2 Å². The molecule has 0 unspecified atom stereocenters. The molecule has 2 aliphatic heterocycles. The van der Waals surface area contributed by atoms with Crippen molar-refractivity contribution >= 4 is 125 Å². The summed E-state index contributed by atoms with van der Waals surface area (Å²) in [4.78, 5) is 45.6. The van der Waals surface area contributed by atoms with Gasteiger partial charge in [0.2, 0.25) is 0 Å². The first kappa shape index (κ1) is 43.2. The average Bonchev–Trinajstić information content (AvgIpc) is 4.08. The van der Waals surface area contributed by atoms with E-state index in [1.165, 1.54) is 23.5 Å². The van der Waals surface area contributed by atoms with E-state index in [0.29, 0.717) is 11.5 Å². The summed E-state index contributed by atoms with van der Waals surface area (Å²) >= 11 is 7.31. The van der Waals surface area contributed by atoms with Gasteiger partial charge in [-0.3, -0.25) is 9.59 Å². The predicted octanol–water partition coefficient (Wildman–Crippen LogP) is 13.3. The molecule has 0 spiro atoms. The topological polar surface area (TPSA) is 88.1 Å². The monoisotopic (exact) mass is 1100 g/mol. The Balaban J connectivity index is 0.00000514. The van der Waals surface area contributed by atoms with E-state index in [2.05, 4.69) is 179 Å². The number of rotatable bonds is 8. The Morgan fingerprint density at radius 3 is 1.10 bits per heavy atom. The summed E-state index contributed by atoms with van der Waals surface area (Å²) in [6.45, 7) is 3.20. The molecule has 4 aromatic carbocycles. The van der Waals surface area contributed by atoms with E-state index in [4.69, 9.17) is 19.9 Å². The molecule has 2 aliphatic rings. The number of aromatic nitrogens is 4. The number of thioether (sulfide) groups is 2. The number of carbonyl (C=O) groups excluding carboxylic acids is 2. The molecule has 0 fully saturated rings. The third-order valence-electron chi connectivity index (χ3n) is 10.2. The third kappa shape index (κ3) is 9.47. The largest absolute Gasteiger partial charge is 2.00 e. The van der Waals surface area contributed by atoms with Crippen LogP contribution in [0.25, 0.3) is 90.9 Å². The van der Waals surface area contributed by atoms with Crippen LogP contribution in [0.1, 0.15) is 47.8 Å². The smallest absolute Gasteiger partial charge is 0.657 e. The molecule has 303 valence electrons. The van der Waals surface area contributed by atoms with E-state index in [-0.39, 0.29) is 27.3 Å². The maximum atomic E-state index is 12.0. The number of carbonyl (C=O) groups is 2. The van der Waals surface area contributed by atoms with Crippen molar-refractivity contribution < 1.29 is 26.7 Å². The standard InChI is InChI=1S/C50H34I2N4O2S2.Cu/c1-29(57)59-27-31-7-3-9-33(23-31)47-39-15-19-43(53-39)49(35-11-5-13-37(51)25-35)45-21-17-41(55-45)48(34-10-4-8-32(24-34)28-60-30(2)58)42-18-22-46(56-42)50(44-20-16-40(47)54-44)36-12-6-14-38(52)26-36;/h3-26H,27-28H2,1-2H3;/q-2;+2. The second-order valence-electron chi connectivity index (χ2n) is 14.3. The molecule has 3 aromatic heterocycles. The van der Waals surface area contributed by atoms with Crippen LogP contribution in [0.3, 0.4) is 0 Å². The summed E-state index contributed by atoms with van der Waals surface area (Å²) in [7, 11) is 0. The van der Waals surface area contributed by atoms with Crippen molar-refractivity contribution in [1.29, 1.82) is 0 Å². The number of benzene rings is 4. The number of hydrogen-bond acceptors (Lipinski definition) is 6. The van der Waals surface area contributed by atoms with Crippen molar-refractivity contribution in [3.05, 3.63) is 162 Å². The zero-order valence-electron chi connectivity index (χ0n) is 32.7. The van der Waals surface area contributed by atoms with Crippen LogP contribution in [0, 0.1) is 7.14 Å². The van der Waals surface area contributed by atoms with Crippen LogP contribution < -0.4 is 9.97 Å². The van der Waals surface area contributed by atoms with Gasteiger partial charge in [0.1, 0.15) is 0 Å². The summed E-state index contributed by atoms with van der Waals surface area (Å²) < 4.78 is 2.20. The zero-order valence-corrected chi connectivity index (χ0v) is 39.6. The van der Waals surface area contributed by atoms with Crippen molar-refractivity contribution in [1.82, 2.24) is 19.9 Å². The first-order valence-electron chi connectivity index (χ1n) is 19.2. The molecule has 0 atom stereocenters. The number of fused-ring (bicyclic) bond motifs is 8. The van der Waals surface area contributed by atoms with Gasteiger partial charge in [-0.15, -0.1) is 22.1 Å². The average molecular weight is 1100 g/mol. The quantitative estimate of drug-likeness (QED) is 0.110. The molecule has 7 aromatic rings. The van der Waals surface area contributed by atoms with E-state index in [1.807, 2.05) is 12.1 Å². The molecule has 1 radical (unpaired) electrons. The van der Waals surface area contributed by atoms with E-state index in [9.17, 15) is 9.59 Å². The number of nitrogens with zero attached hydrogens (tertiary/aromatic N) is 4. The fraction of sp³-hybridized carbons (Fsp3) is 0.0800. The van der Waals surface area contributed by atoms with Gasteiger partial charge in [0.05, 0.1) is 22.8 Å². The maximum absolute atomic E-state index is 12.0. The van der Waals surface area contributed by atoms with Crippen LogP contribution in [0.5, 0.6) is 0 Å². The molecule has 11 heteroatoms. The number of hydrogen-bond donors (Lipinski definition) is 0. The molecular formula is C50H34CuI2N4O2S2. The van der Waals surface area contributed by atoms with Crippen molar-refractivity contribution in [2.75, 3.05) is 0 Å². The van der Waals surface area contributed by atoms with Gasteiger partial charge < -0.3 is 9.97 Å². The van der Waals surface area contributed by atoms with Crippen LogP contribution >= 0.6 is 68.7 Å². The van der Waals surface area contributed by atoms with Gasteiger partial charge in [0.25, 0.3) is 0 Å². The van der Waals surface area contributed by atoms with Gasteiger partial charge in [-0.1, -0.05) is 121 Å². The summed E-state index contributed by atoms with van der Waals surface area (Å²) in [5.74, 6) is 1.14. The fourth-order valence-electron chi connectivity index (χ4n) is 7.56. The fourth-order valence-corrected chi connectivity index (χ4v) is 9.75. The zero-order chi connectivity index (χ0) is 41.3. The number of halogens is 2. The normalized spacial score (nSPS) is 11.7. The molecule has 5 heterocycles. The molecule has 0 saturated heterocycles. The molecular weight excluding hydrogens is 1070 g/mol. The molecule has 0 N–H and O–H groups in total. The maximum Gasteiger partial charge on any atom is 2.00 e. The predicted molar refractivity (Wildman–Crippen MR) is 268 cm³/mol. The molecule has 0 aliphatic carbocycles. The summed E-state index contributed by atoms with van der Waals surface area (Å²) in [5.41, 5.74) is 15.9. The summed E-state index contributed by atoms with van der Waals surface area (Å²) in [5, 5.41) is 0.158. The molecule has 0 saturated carbocycles. The van der Waals surface area contributed by atoms with E-state index >= 15 is 0 Å². The van der Waals surface area contributed by atoms with Crippen LogP contribution in [0.2, 0.25) is 0 Å². The van der Waals surface area contributed by atoms with Gasteiger partial charge in [-0.25, -0.2) is 9.97 Å². The second-order valence-corrected chi connectivity index (χ2v) is 19.1. The van der Waals surface area contributed by atoms with Crippen LogP contribution in [0.15, 0.2) is 121 Å². The Hall–Kier alpha value is -4.50. The van der Waals surface area contributed by atoms with Crippen LogP contribution in [0.4, 0.5) is 0 Å². The van der Waals surface area contributed by atoms with Crippen molar-refractivity contribution in [3.63, 3.8) is 0 Å². The van der Waals surface area contributed by atoms with Crippen molar-refractivity contribution in [2.45, 2.75) is 25.4 Å². The molecule has 61 heavy (non-hydrogen) atoms. The Morgan fingerprint density at radius 2 is 0.787 bits per heavy atom. The molecule has 8 bridgehead atoms. The second kappa shape index (κ2) is 18.9. The third-order valence-corrected chi connectivity index (χ3v) is 13.3. The minimum atomic E-state index is 0. The SMILES string of the molecule is CC(=O)SCc1cccc(-c2c3nc(c(-c4cccc(I)c4)c4ccc([n-]4)c(-c4cccc(CSC(C)=O)c4)c4nc(c(-c5cccc(I)c5)c5ccc2[n-]5)C=C4)C=C3)c1.[Cu+2]. The molecule has 9 rings (SSSR count).